The molecule has 0 bridgehead atoms. The van der Waals surface area contributed by atoms with Crippen LogP contribution < -0.4 is 19.5 Å². The minimum Gasteiger partial charge on any atom is -0.497 e. The molecule has 0 amide bonds. The minimum absolute atomic E-state index is 0. The SMILES string of the molecule is CCNC(=NCC(O)c1cccc(OC)c1)N(C)Cc1ccc(OC)cc1OC.I. The molecule has 0 saturated carbocycles. The summed E-state index contributed by atoms with van der Waals surface area (Å²) in [7, 11) is 6.82. The maximum Gasteiger partial charge on any atom is 0.194 e. The second-order valence-electron chi connectivity index (χ2n) is 6.52. The highest BCUT2D eigenvalue weighted by Crippen LogP contribution is 2.25. The number of guanidine groups is 1. The molecule has 0 fully saturated rings. The van der Waals surface area contributed by atoms with Crippen molar-refractivity contribution in [2.45, 2.75) is 19.6 Å². The van der Waals surface area contributed by atoms with Crippen molar-refractivity contribution in [3.05, 3.63) is 53.6 Å². The van der Waals surface area contributed by atoms with Gasteiger partial charge in [0.25, 0.3) is 0 Å². The van der Waals surface area contributed by atoms with Gasteiger partial charge in [-0.15, -0.1) is 24.0 Å². The van der Waals surface area contributed by atoms with E-state index >= 15 is 0 Å². The van der Waals surface area contributed by atoms with Crippen LogP contribution in [0.1, 0.15) is 24.2 Å². The standard InChI is InChI=1S/C22H31N3O4.HI/c1-6-23-22(24-14-20(26)16-8-7-9-18(12-16)27-3)25(2)15-17-10-11-19(28-4)13-21(17)29-5;/h7-13,20,26H,6,14-15H2,1-5H3,(H,23,24);1H. The molecule has 0 aromatic heterocycles. The Kier molecular flexibility index (Phi) is 11.3. The van der Waals surface area contributed by atoms with Crippen LogP contribution in [0.2, 0.25) is 0 Å². The van der Waals surface area contributed by atoms with Crippen LogP contribution in [0, 0.1) is 0 Å². The first-order valence-corrected chi connectivity index (χ1v) is 9.54. The summed E-state index contributed by atoms with van der Waals surface area (Å²) in [5.41, 5.74) is 1.78. The molecule has 1 unspecified atom stereocenters. The number of methoxy groups -OCH3 is 3. The highest BCUT2D eigenvalue weighted by Gasteiger charge is 2.13. The molecule has 2 N–H and O–H groups in total. The molecule has 2 aromatic rings. The molecular weight excluding hydrogens is 497 g/mol. The molecule has 8 heteroatoms. The van der Waals surface area contributed by atoms with Crippen molar-refractivity contribution in [2.24, 2.45) is 4.99 Å². The summed E-state index contributed by atoms with van der Waals surface area (Å²) < 4.78 is 16.0. The summed E-state index contributed by atoms with van der Waals surface area (Å²) in [6, 6.07) is 13.1. The Bertz CT molecular complexity index is 817. The summed E-state index contributed by atoms with van der Waals surface area (Å²) in [6.07, 6.45) is -0.720. The van der Waals surface area contributed by atoms with Gasteiger partial charge in [0.15, 0.2) is 5.96 Å². The van der Waals surface area contributed by atoms with E-state index in [1.54, 1.807) is 21.3 Å². The van der Waals surface area contributed by atoms with Gasteiger partial charge >= 0.3 is 0 Å². The first-order valence-electron chi connectivity index (χ1n) is 9.54. The van der Waals surface area contributed by atoms with Gasteiger partial charge in [-0.1, -0.05) is 12.1 Å². The van der Waals surface area contributed by atoms with Crippen LogP contribution >= 0.6 is 24.0 Å². The fourth-order valence-corrected chi connectivity index (χ4v) is 2.91. The number of halogens is 1. The highest BCUT2D eigenvalue weighted by molar-refractivity contribution is 14.0. The van der Waals surface area contributed by atoms with Gasteiger partial charge in [0.2, 0.25) is 0 Å². The minimum atomic E-state index is -0.720. The van der Waals surface area contributed by atoms with E-state index < -0.39 is 6.10 Å². The van der Waals surface area contributed by atoms with E-state index in [1.165, 1.54) is 0 Å². The number of aliphatic hydroxyl groups is 1. The van der Waals surface area contributed by atoms with E-state index in [2.05, 4.69) is 10.3 Å². The van der Waals surface area contributed by atoms with Gasteiger partial charge in [-0.3, -0.25) is 4.99 Å². The molecule has 30 heavy (non-hydrogen) atoms. The molecule has 2 rings (SSSR count). The number of hydrogen-bond donors (Lipinski definition) is 2. The second-order valence-corrected chi connectivity index (χ2v) is 6.52. The van der Waals surface area contributed by atoms with Gasteiger partial charge in [0.1, 0.15) is 17.2 Å². The lowest BCUT2D eigenvalue weighted by molar-refractivity contribution is 0.186. The lowest BCUT2D eigenvalue weighted by atomic mass is 10.1. The molecule has 1 atom stereocenters. The van der Waals surface area contributed by atoms with Crippen LogP contribution in [0.25, 0.3) is 0 Å². The van der Waals surface area contributed by atoms with Crippen LogP contribution in [-0.4, -0.2) is 57.4 Å². The number of nitrogens with one attached hydrogen (secondary N) is 1. The monoisotopic (exact) mass is 529 g/mol. The smallest absolute Gasteiger partial charge is 0.194 e. The van der Waals surface area contributed by atoms with Gasteiger partial charge in [0.05, 0.1) is 34.0 Å². The summed E-state index contributed by atoms with van der Waals surface area (Å²) in [6.45, 7) is 3.56. The zero-order valence-corrected chi connectivity index (χ0v) is 20.5. The molecule has 0 aliphatic heterocycles. The van der Waals surface area contributed by atoms with Crippen LogP contribution in [0.4, 0.5) is 0 Å². The van der Waals surface area contributed by atoms with E-state index in [-0.39, 0.29) is 30.5 Å². The maximum atomic E-state index is 10.5. The zero-order chi connectivity index (χ0) is 21.2. The van der Waals surface area contributed by atoms with Crippen molar-refractivity contribution < 1.29 is 19.3 Å². The number of aliphatic hydroxyl groups excluding tert-OH is 1. The lowest BCUT2D eigenvalue weighted by Gasteiger charge is -2.23. The van der Waals surface area contributed by atoms with Crippen LogP contribution in [-0.2, 0) is 6.54 Å². The van der Waals surface area contributed by atoms with E-state index in [0.29, 0.717) is 18.3 Å². The molecule has 0 radical (unpaired) electrons. The van der Waals surface area contributed by atoms with Crippen LogP contribution in [0.3, 0.4) is 0 Å². The van der Waals surface area contributed by atoms with Gasteiger partial charge in [0, 0.05) is 31.8 Å². The number of benzene rings is 2. The Labute approximate surface area is 196 Å². The quantitative estimate of drug-likeness (QED) is 0.295. The van der Waals surface area contributed by atoms with Crippen molar-refractivity contribution in [3.8, 4) is 17.2 Å². The van der Waals surface area contributed by atoms with Crippen molar-refractivity contribution in [1.29, 1.82) is 0 Å². The molecular formula is C22H32IN3O4. The second kappa shape index (κ2) is 13.2. The van der Waals surface area contributed by atoms with Crippen molar-refractivity contribution in [2.75, 3.05) is 41.5 Å². The Morgan fingerprint density at radius 2 is 1.77 bits per heavy atom. The largest absolute Gasteiger partial charge is 0.497 e. The highest BCUT2D eigenvalue weighted by atomic mass is 127. The Morgan fingerprint density at radius 1 is 1.07 bits per heavy atom. The first-order chi connectivity index (χ1) is 14.0. The van der Waals surface area contributed by atoms with E-state index in [0.717, 1.165) is 29.2 Å². The van der Waals surface area contributed by atoms with Gasteiger partial charge < -0.3 is 29.5 Å². The van der Waals surface area contributed by atoms with Crippen LogP contribution in [0.15, 0.2) is 47.5 Å². The maximum absolute atomic E-state index is 10.5. The average Bonchev–Trinajstić information content (AvgIpc) is 2.76. The fourth-order valence-electron chi connectivity index (χ4n) is 2.91. The van der Waals surface area contributed by atoms with Crippen molar-refractivity contribution >= 4 is 29.9 Å². The van der Waals surface area contributed by atoms with Gasteiger partial charge in [-0.05, 0) is 36.8 Å². The van der Waals surface area contributed by atoms with Gasteiger partial charge in [-0.2, -0.15) is 0 Å². The van der Waals surface area contributed by atoms with E-state index in [1.807, 2.05) is 61.3 Å². The van der Waals surface area contributed by atoms with E-state index in [9.17, 15) is 5.11 Å². The molecule has 7 nitrogen and oxygen atoms in total. The third-order valence-corrected chi connectivity index (χ3v) is 4.49. The third kappa shape index (κ3) is 7.24. The van der Waals surface area contributed by atoms with Crippen molar-refractivity contribution in [1.82, 2.24) is 10.2 Å². The predicted octanol–water partition coefficient (Wildman–Crippen LogP) is 3.46. The van der Waals surface area contributed by atoms with Crippen LogP contribution in [0.5, 0.6) is 17.2 Å². The van der Waals surface area contributed by atoms with E-state index in [4.69, 9.17) is 14.2 Å². The number of nitrogens with zero attached hydrogens (tertiary/aromatic N) is 2. The number of ether oxygens (including phenoxy) is 3. The summed E-state index contributed by atoms with van der Waals surface area (Å²) in [4.78, 5) is 6.60. The van der Waals surface area contributed by atoms with Crippen molar-refractivity contribution in [3.63, 3.8) is 0 Å². The Hall–Kier alpha value is -2.20. The topological polar surface area (TPSA) is 75.6 Å². The predicted molar refractivity (Wildman–Crippen MR) is 130 cm³/mol. The average molecular weight is 529 g/mol. The Balaban J connectivity index is 0.00000450. The number of hydrogen-bond acceptors (Lipinski definition) is 5. The normalized spacial score (nSPS) is 11.9. The lowest BCUT2D eigenvalue weighted by Crippen LogP contribution is -2.38. The molecule has 166 valence electrons. The first kappa shape index (κ1) is 25.8. The Morgan fingerprint density at radius 3 is 2.40 bits per heavy atom. The third-order valence-electron chi connectivity index (χ3n) is 4.49. The molecule has 0 aliphatic rings. The molecule has 0 heterocycles. The molecule has 2 aromatic carbocycles. The summed E-state index contributed by atoms with van der Waals surface area (Å²) in [5.74, 6) is 2.91. The van der Waals surface area contributed by atoms with Gasteiger partial charge in [-0.25, -0.2) is 0 Å². The summed E-state index contributed by atoms with van der Waals surface area (Å²) in [5, 5.41) is 13.8. The molecule has 0 spiro atoms. The number of rotatable bonds is 9. The summed E-state index contributed by atoms with van der Waals surface area (Å²) >= 11 is 0. The molecule has 0 saturated heterocycles. The number of aliphatic imine (C=N–C) groups is 1. The fraction of sp³-hybridized carbons (Fsp3) is 0.409. The molecule has 0 aliphatic carbocycles. The zero-order valence-electron chi connectivity index (χ0n) is 18.2.